The Morgan fingerprint density at radius 3 is 2.56 bits per heavy atom. The third kappa shape index (κ3) is 4.33. The number of hydrogen-bond donors (Lipinski definition) is 1. The van der Waals surface area contributed by atoms with E-state index >= 15 is 0 Å². The lowest BCUT2D eigenvalue weighted by molar-refractivity contribution is -0.384. The van der Waals surface area contributed by atoms with Crippen LogP contribution in [-0.4, -0.2) is 29.5 Å². The SMILES string of the molecule is CCn1cnc2c1c(=O)n(CC(=O)Nc1ccc(Cl)c([N+](=O)[O-])c1)c(=O)n2Cc1ccccc1. The number of nitro benzene ring substituents is 1. The molecule has 0 radical (unpaired) electrons. The van der Waals surface area contributed by atoms with Gasteiger partial charge in [-0.2, -0.15) is 0 Å². The highest BCUT2D eigenvalue weighted by Gasteiger charge is 2.20. The number of aromatic nitrogens is 4. The summed E-state index contributed by atoms with van der Waals surface area (Å²) in [5.74, 6) is -0.705. The lowest BCUT2D eigenvalue weighted by atomic mass is 10.2. The standard InChI is InChI=1S/C22H19ClN6O5/c1-2-26-13-24-20-19(26)21(31)28(22(32)27(20)11-14-6-4-3-5-7-14)12-18(30)25-15-8-9-16(23)17(10-15)29(33)34/h3-10,13H,2,11-12H2,1H3,(H,25,30). The van der Waals surface area contributed by atoms with Crippen LogP contribution in [-0.2, 0) is 24.4 Å². The maximum absolute atomic E-state index is 13.3. The van der Waals surface area contributed by atoms with Crippen molar-refractivity contribution in [3.05, 3.63) is 96.4 Å². The van der Waals surface area contributed by atoms with Crippen molar-refractivity contribution in [3.8, 4) is 0 Å². The number of nitrogens with zero attached hydrogens (tertiary/aromatic N) is 5. The Bertz CT molecular complexity index is 1520. The van der Waals surface area contributed by atoms with Crippen LogP contribution >= 0.6 is 11.6 Å². The topological polar surface area (TPSA) is 134 Å². The molecule has 4 rings (SSSR count). The Labute approximate surface area is 197 Å². The summed E-state index contributed by atoms with van der Waals surface area (Å²) in [5.41, 5.74) is -0.367. The summed E-state index contributed by atoms with van der Waals surface area (Å²) in [4.78, 5) is 53.8. The average molecular weight is 483 g/mol. The molecule has 12 heteroatoms. The van der Waals surface area contributed by atoms with E-state index in [1.54, 1.807) is 4.57 Å². The van der Waals surface area contributed by atoms with Gasteiger partial charge < -0.3 is 9.88 Å². The number of rotatable bonds is 7. The van der Waals surface area contributed by atoms with Crippen molar-refractivity contribution in [3.63, 3.8) is 0 Å². The van der Waals surface area contributed by atoms with Gasteiger partial charge in [0.2, 0.25) is 5.91 Å². The third-order valence-electron chi connectivity index (χ3n) is 5.24. The molecule has 1 N–H and O–H groups in total. The minimum absolute atomic E-state index is 0.0821. The van der Waals surface area contributed by atoms with Gasteiger partial charge in [0.1, 0.15) is 11.6 Å². The van der Waals surface area contributed by atoms with Gasteiger partial charge in [-0.15, -0.1) is 0 Å². The van der Waals surface area contributed by atoms with E-state index in [4.69, 9.17) is 11.6 Å². The Kier molecular flexibility index (Phi) is 6.28. The zero-order chi connectivity index (χ0) is 24.4. The molecule has 0 aliphatic rings. The lowest BCUT2D eigenvalue weighted by Crippen LogP contribution is -2.43. The molecule has 0 bridgehead atoms. The summed E-state index contributed by atoms with van der Waals surface area (Å²) in [6.45, 7) is 1.84. The summed E-state index contributed by atoms with van der Waals surface area (Å²) in [5, 5.41) is 13.5. The molecule has 1 amide bonds. The molecule has 34 heavy (non-hydrogen) atoms. The molecule has 0 spiro atoms. The van der Waals surface area contributed by atoms with Crippen LogP contribution in [0.1, 0.15) is 12.5 Å². The van der Waals surface area contributed by atoms with E-state index in [1.165, 1.54) is 23.0 Å². The molecule has 2 aromatic carbocycles. The Hall–Kier alpha value is -4.25. The fourth-order valence-electron chi connectivity index (χ4n) is 3.60. The molecule has 0 atom stereocenters. The van der Waals surface area contributed by atoms with E-state index < -0.39 is 28.6 Å². The van der Waals surface area contributed by atoms with Crippen LogP contribution in [0.5, 0.6) is 0 Å². The van der Waals surface area contributed by atoms with E-state index in [-0.39, 0.29) is 34.1 Å². The number of anilines is 1. The number of carbonyl (C=O) groups is 1. The quantitative estimate of drug-likeness (QED) is 0.318. The zero-order valence-electron chi connectivity index (χ0n) is 18.0. The van der Waals surface area contributed by atoms with Crippen LogP contribution in [0.15, 0.2) is 64.4 Å². The van der Waals surface area contributed by atoms with Gasteiger partial charge >= 0.3 is 5.69 Å². The van der Waals surface area contributed by atoms with Crippen molar-refractivity contribution < 1.29 is 9.72 Å². The number of aryl methyl sites for hydroxylation is 1. The Morgan fingerprint density at radius 2 is 1.88 bits per heavy atom. The molecule has 2 aromatic heterocycles. The monoisotopic (exact) mass is 482 g/mol. The van der Waals surface area contributed by atoms with Crippen molar-refractivity contribution in [1.29, 1.82) is 0 Å². The average Bonchev–Trinajstić information content (AvgIpc) is 3.25. The number of halogens is 1. The van der Waals surface area contributed by atoms with Gasteiger partial charge in [0, 0.05) is 18.3 Å². The number of imidazole rings is 1. The second-order valence-corrected chi connectivity index (χ2v) is 7.83. The van der Waals surface area contributed by atoms with Crippen molar-refractivity contribution in [2.75, 3.05) is 5.32 Å². The number of nitro groups is 1. The van der Waals surface area contributed by atoms with E-state index in [0.717, 1.165) is 16.2 Å². The first-order chi connectivity index (χ1) is 16.3. The van der Waals surface area contributed by atoms with Gasteiger partial charge in [-0.25, -0.2) is 14.3 Å². The molecule has 0 saturated heterocycles. The van der Waals surface area contributed by atoms with Crippen LogP contribution in [0.4, 0.5) is 11.4 Å². The van der Waals surface area contributed by atoms with Crippen molar-refractivity contribution in [2.45, 2.75) is 26.6 Å². The summed E-state index contributed by atoms with van der Waals surface area (Å²) in [6, 6.07) is 13.0. The highest BCUT2D eigenvalue weighted by molar-refractivity contribution is 6.32. The highest BCUT2D eigenvalue weighted by atomic mass is 35.5. The first-order valence-corrected chi connectivity index (χ1v) is 10.6. The maximum atomic E-state index is 13.3. The van der Waals surface area contributed by atoms with Crippen LogP contribution in [0.25, 0.3) is 11.2 Å². The number of amides is 1. The maximum Gasteiger partial charge on any atom is 0.333 e. The molecule has 174 valence electrons. The highest BCUT2D eigenvalue weighted by Crippen LogP contribution is 2.27. The predicted octanol–water partition coefficient (Wildman–Crippen LogP) is 2.63. The molecule has 0 fully saturated rings. The second kappa shape index (κ2) is 9.32. The zero-order valence-corrected chi connectivity index (χ0v) is 18.7. The fourth-order valence-corrected chi connectivity index (χ4v) is 3.79. The third-order valence-corrected chi connectivity index (χ3v) is 5.56. The van der Waals surface area contributed by atoms with E-state index in [0.29, 0.717) is 6.54 Å². The van der Waals surface area contributed by atoms with Gasteiger partial charge in [-0.1, -0.05) is 41.9 Å². The molecule has 4 aromatic rings. The summed E-state index contributed by atoms with van der Waals surface area (Å²) in [6.07, 6.45) is 1.48. The minimum atomic E-state index is -0.705. The van der Waals surface area contributed by atoms with Crippen molar-refractivity contribution in [1.82, 2.24) is 18.7 Å². The number of benzene rings is 2. The van der Waals surface area contributed by atoms with Gasteiger partial charge in [0.25, 0.3) is 11.2 Å². The number of nitrogens with one attached hydrogen (secondary N) is 1. The molecular weight excluding hydrogens is 464 g/mol. The number of hydrogen-bond acceptors (Lipinski definition) is 6. The van der Waals surface area contributed by atoms with Gasteiger partial charge in [0.05, 0.1) is 17.8 Å². The largest absolute Gasteiger partial charge is 0.333 e. The molecule has 0 unspecified atom stereocenters. The summed E-state index contributed by atoms with van der Waals surface area (Å²) >= 11 is 5.80. The normalized spacial score (nSPS) is 11.0. The lowest BCUT2D eigenvalue weighted by Gasteiger charge is -2.13. The van der Waals surface area contributed by atoms with Crippen molar-refractivity contribution >= 4 is 40.0 Å². The van der Waals surface area contributed by atoms with Gasteiger partial charge in [-0.05, 0) is 24.6 Å². The molecular formula is C22H19ClN6O5. The van der Waals surface area contributed by atoms with Crippen LogP contribution in [0.2, 0.25) is 5.02 Å². The van der Waals surface area contributed by atoms with E-state index in [9.17, 15) is 24.5 Å². The predicted molar refractivity (Wildman–Crippen MR) is 126 cm³/mol. The number of carbonyl (C=O) groups excluding carboxylic acids is 1. The first kappa shape index (κ1) is 22.9. The van der Waals surface area contributed by atoms with Crippen LogP contribution in [0, 0.1) is 10.1 Å². The van der Waals surface area contributed by atoms with Gasteiger partial charge in [-0.3, -0.25) is 24.3 Å². The summed E-state index contributed by atoms with van der Waals surface area (Å²) in [7, 11) is 0. The molecule has 0 aliphatic carbocycles. The summed E-state index contributed by atoms with van der Waals surface area (Å²) < 4.78 is 3.78. The molecule has 0 saturated carbocycles. The van der Waals surface area contributed by atoms with Crippen molar-refractivity contribution in [2.24, 2.45) is 0 Å². The smallest absolute Gasteiger partial charge is 0.325 e. The minimum Gasteiger partial charge on any atom is -0.325 e. The molecule has 11 nitrogen and oxygen atoms in total. The van der Waals surface area contributed by atoms with Gasteiger partial charge in [0.15, 0.2) is 11.2 Å². The molecule has 2 heterocycles. The first-order valence-electron chi connectivity index (χ1n) is 10.3. The van der Waals surface area contributed by atoms with Crippen LogP contribution < -0.4 is 16.6 Å². The molecule has 0 aliphatic heterocycles. The van der Waals surface area contributed by atoms with E-state index in [2.05, 4.69) is 10.3 Å². The van der Waals surface area contributed by atoms with E-state index in [1.807, 2.05) is 37.3 Å². The second-order valence-electron chi connectivity index (χ2n) is 7.42. The Morgan fingerprint density at radius 1 is 1.15 bits per heavy atom. The number of fused-ring (bicyclic) bond motifs is 1. The Balaban J connectivity index is 1.74. The van der Waals surface area contributed by atoms with Crippen LogP contribution in [0.3, 0.4) is 0 Å². The fraction of sp³-hybridized carbons (Fsp3) is 0.182.